The highest BCUT2D eigenvalue weighted by Crippen LogP contribution is 2.26. The van der Waals surface area contributed by atoms with E-state index < -0.39 is 15.5 Å². The lowest BCUT2D eigenvalue weighted by molar-refractivity contribution is 0.294. The van der Waals surface area contributed by atoms with E-state index in [-0.39, 0.29) is 11.3 Å². The largest absolute Gasteiger partial charge is 0.313 e. The zero-order chi connectivity index (χ0) is 10.9. The molecule has 0 heterocycles. The molecular formula is C8H19NO3S. The molecule has 13 heavy (non-hydrogen) atoms. The summed E-state index contributed by atoms with van der Waals surface area (Å²) in [4.78, 5) is 0. The quantitative estimate of drug-likeness (QED) is 0.685. The summed E-state index contributed by atoms with van der Waals surface area (Å²) in [5.74, 6) is -0.241. The topological polar surface area (TPSA) is 80.4 Å². The minimum Gasteiger partial charge on any atom is -0.313 e. The van der Waals surface area contributed by atoms with Crippen LogP contribution in [0.2, 0.25) is 0 Å². The van der Waals surface area contributed by atoms with Crippen LogP contribution in [0.15, 0.2) is 0 Å². The molecular weight excluding hydrogens is 190 g/mol. The molecule has 0 saturated heterocycles. The zero-order valence-electron chi connectivity index (χ0n) is 8.61. The van der Waals surface area contributed by atoms with Crippen LogP contribution in [0, 0.1) is 11.3 Å². The molecule has 2 unspecified atom stereocenters. The first-order chi connectivity index (χ1) is 5.54. The highest BCUT2D eigenvalue weighted by atomic mass is 32.2. The fourth-order valence-electron chi connectivity index (χ4n) is 1.38. The van der Waals surface area contributed by atoms with Crippen molar-refractivity contribution in [3.63, 3.8) is 0 Å². The van der Waals surface area contributed by atoms with E-state index in [2.05, 4.69) is 0 Å². The first-order valence-electron chi connectivity index (χ1n) is 4.26. The van der Waals surface area contributed by atoms with Crippen molar-refractivity contribution in [3.8, 4) is 0 Å². The molecule has 0 rings (SSSR count). The van der Waals surface area contributed by atoms with Crippen molar-refractivity contribution in [2.24, 2.45) is 17.1 Å². The SMILES string of the molecule is CC(CC(C)(C)C)C(N)S(=O)(=O)O. The maximum atomic E-state index is 10.7. The number of nitrogens with two attached hydrogens (primary N) is 1. The molecule has 4 nitrogen and oxygen atoms in total. The van der Waals surface area contributed by atoms with Crippen molar-refractivity contribution in [3.05, 3.63) is 0 Å². The Morgan fingerprint density at radius 3 is 2.00 bits per heavy atom. The third-order valence-corrected chi connectivity index (χ3v) is 2.99. The van der Waals surface area contributed by atoms with Crippen molar-refractivity contribution in [1.82, 2.24) is 0 Å². The van der Waals surface area contributed by atoms with Crippen LogP contribution in [-0.4, -0.2) is 18.3 Å². The van der Waals surface area contributed by atoms with Crippen LogP contribution in [0.5, 0.6) is 0 Å². The summed E-state index contributed by atoms with van der Waals surface area (Å²) in [5.41, 5.74) is 5.38. The number of rotatable bonds is 3. The number of hydrogen-bond donors (Lipinski definition) is 2. The zero-order valence-corrected chi connectivity index (χ0v) is 9.43. The average molecular weight is 209 g/mol. The summed E-state index contributed by atoms with van der Waals surface area (Å²) in [6, 6.07) is 0. The average Bonchev–Trinajstić information content (AvgIpc) is 1.79. The van der Waals surface area contributed by atoms with Crippen molar-refractivity contribution < 1.29 is 13.0 Å². The van der Waals surface area contributed by atoms with Gasteiger partial charge in [-0.25, -0.2) is 0 Å². The Morgan fingerprint density at radius 2 is 1.77 bits per heavy atom. The van der Waals surface area contributed by atoms with Gasteiger partial charge in [0.2, 0.25) is 0 Å². The van der Waals surface area contributed by atoms with Gasteiger partial charge in [0, 0.05) is 0 Å². The molecule has 0 aromatic rings. The Bertz CT molecular complexity index is 253. The molecule has 80 valence electrons. The van der Waals surface area contributed by atoms with E-state index in [0.717, 1.165) is 0 Å². The van der Waals surface area contributed by atoms with Crippen molar-refractivity contribution in [2.45, 2.75) is 39.5 Å². The molecule has 0 aliphatic carbocycles. The summed E-state index contributed by atoms with van der Waals surface area (Å²) in [6.45, 7) is 7.73. The second-order valence-corrected chi connectivity index (χ2v) is 6.30. The van der Waals surface area contributed by atoms with Gasteiger partial charge in [0.1, 0.15) is 5.37 Å². The summed E-state index contributed by atoms with van der Waals surface area (Å²) in [6.07, 6.45) is 0.661. The molecule has 2 atom stereocenters. The summed E-state index contributed by atoms with van der Waals surface area (Å²) >= 11 is 0. The Hall–Kier alpha value is -0.130. The molecule has 0 saturated carbocycles. The fraction of sp³-hybridized carbons (Fsp3) is 1.00. The van der Waals surface area contributed by atoms with Crippen LogP contribution in [0.3, 0.4) is 0 Å². The van der Waals surface area contributed by atoms with E-state index in [9.17, 15) is 8.42 Å². The van der Waals surface area contributed by atoms with E-state index in [0.29, 0.717) is 6.42 Å². The summed E-state index contributed by atoms with van der Waals surface area (Å²) in [5, 5.41) is -1.17. The standard InChI is InChI=1S/C8H19NO3S/c1-6(5-8(2,3)4)7(9)13(10,11)12/h6-7H,5,9H2,1-4H3,(H,10,11,12). The second-order valence-electron chi connectivity index (χ2n) is 4.72. The van der Waals surface area contributed by atoms with E-state index in [1.54, 1.807) is 6.92 Å². The van der Waals surface area contributed by atoms with Gasteiger partial charge in [-0.2, -0.15) is 8.42 Å². The van der Waals surface area contributed by atoms with E-state index in [1.807, 2.05) is 20.8 Å². The molecule has 0 aliphatic heterocycles. The van der Waals surface area contributed by atoms with E-state index in [4.69, 9.17) is 10.3 Å². The second kappa shape index (κ2) is 3.94. The van der Waals surface area contributed by atoms with Crippen molar-refractivity contribution >= 4 is 10.1 Å². The van der Waals surface area contributed by atoms with Gasteiger partial charge in [0.15, 0.2) is 0 Å². The monoisotopic (exact) mass is 209 g/mol. The summed E-state index contributed by atoms with van der Waals surface area (Å²) in [7, 11) is -4.10. The molecule has 0 spiro atoms. The predicted octanol–water partition coefficient (Wildman–Crippen LogP) is 1.23. The maximum absolute atomic E-state index is 10.7. The molecule has 5 heteroatoms. The first-order valence-corrected chi connectivity index (χ1v) is 5.76. The van der Waals surface area contributed by atoms with Gasteiger partial charge in [-0.15, -0.1) is 0 Å². The van der Waals surface area contributed by atoms with Gasteiger partial charge in [-0.05, 0) is 17.8 Å². The minimum atomic E-state index is -4.10. The van der Waals surface area contributed by atoms with E-state index >= 15 is 0 Å². The third-order valence-electron chi connectivity index (χ3n) is 1.84. The molecule has 0 aliphatic rings. The highest BCUT2D eigenvalue weighted by Gasteiger charge is 2.28. The highest BCUT2D eigenvalue weighted by molar-refractivity contribution is 7.86. The van der Waals surface area contributed by atoms with Gasteiger partial charge in [-0.1, -0.05) is 27.7 Å². The van der Waals surface area contributed by atoms with Gasteiger partial charge in [0.25, 0.3) is 10.1 Å². The normalized spacial score (nSPS) is 18.3. The van der Waals surface area contributed by atoms with Crippen molar-refractivity contribution in [2.75, 3.05) is 0 Å². The van der Waals surface area contributed by atoms with Gasteiger partial charge in [-0.3, -0.25) is 4.55 Å². The Morgan fingerprint density at radius 1 is 1.38 bits per heavy atom. The Labute approximate surface area is 80.3 Å². The van der Waals surface area contributed by atoms with Gasteiger partial charge < -0.3 is 5.73 Å². The van der Waals surface area contributed by atoms with Crippen LogP contribution in [0.1, 0.15) is 34.1 Å². The van der Waals surface area contributed by atoms with Crippen LogP contribution in [-0.2, 0) is 10.1 Å². The first kappa shape index (κ1) is 12.9. The van der Waals surface area contributed by atoms with Gasteiger partial charge >= 0.3 is 0 Å². The fourth-order valence-corrected chi connectivity index (χ4v) is 2.06. The predicted molar refractivity (Wildman–Crippen MR) is 52.8 cm³/mol. The third kappa shape index (κ3) is 5.23. The Kier molecular flexibility index (Phi) is 3.90. The molecule has 0 aromatic heterocycles. The van der Waals surface area contributed by atoms with Gasteiger partial charge in [0.05, 0.1) is 0 Å². The smallest absolute Gasteiger partial charge is 0.281 e. The van der Waals surface area contributed by atoms with Crippen LogP contribution in [0.4, 0.5) is 0 Å². The van der Waals surface area contributed by atoms with Crippen LogP contribution in [0.25, 0.3) is 0 Å². The van der Waals surface area contributed by atoms with Crippen molar-refractivity contribution in [1.29, 1.82) is 0 Å². The van der Waals surface area contributed by atoms with Crippen LogP contribution >= 0.6 is 0 Å². The molecule has 0 aromatic carbocycles. The Balaban J connectivity index is 4.38. The number of hydrogen-bond acceptors (Lipinski definition) is 3. The molecule has 0 radical (unpaired) electrons. The molecule has 0 fully saturated rings. The lowest BCUT2D eigenvalue weighted by Gasteiger charge is -2.25. The molecule has 3 N–H and O–H groups in total. The van der Waals surface area contributed by atoms with E-state index in [1.165, 1.54) is 0 Å². The molecule has 0 amide bonds. The lowest BCUT2D eigenvalue weighted by atomic mass is 9.85. The summed E-state index contributed by atoms with van der Waals surface area (Å²) < 4.78 is 30.1. The minimum absolute atomic E-state index is 0.0156. The maximum Gasteiger partial charge on any atom is 0.281 e. The van der Waals surface area contributed by atoms with Crippen LogP contribution < -0.4 is 5.73 Å². The lowest BCUT2D eigenvalue weighted by Crippen LogP contribution is -2.38. The molecule has 0 bridgehead atoms.